The van der Waals surface area contributed by atoms with Crippen LogP contribution in [0.25, 0.3) is 0 Å². The van der Waals surface area contributed by atoms with Crippen LogP contribution in [0.4, 0.5) is 0 Å². The summed E-state index contributed by atoms with van der Waals surface area (Å²) in [7, 11) is 0. The summed E-state index contributed by atoms with van der Waals surface area (Å²) in [6.07, 6.45) is 19.0. The Kier molecular flexibility index (Phi) is 9.54. The third-order valence-corrected chi connectivity index (χ3v) is 9.09. The first-order chi connectivity index (χ1) is 18.6. The Labute approximate surface area is 233 Å². The maximum atomic E-state index is 12.2. The highest BCUT2D eigenvalue weighted by Gasteiger charge is 2.51. The molecule has 0 spiro atoms. The van der Waals surface area contributed by atoms with E-state index >= 15 is 0 Å². The fourth-order valence-electron chi connectivity index (χ4n) is 7.55. The molecule has 7 nitrogen and oxygen atoms in total. The first-order valence-corrected chi connectivity index (χ1v) is 15.2. The Morgan fingerprint density at radius 3 is 2.55 bits per heavy atom. The predicted molar refractivity (Wildman–Crippen MR) is 155 cm³/mol. The summed E-state index contributed by atoms with van der Waals surface area (Å²) in [4.78, 5) is 19.0. The van der Waals surface area contributed by atoms with E-state index in [-0.39, 0.29) is 11.4 Å². The monoisotopic (exact) mass is 539 g/mol. The molecule has 5 aliphatic rings. The number of hydrogen-bond acceptors (Lipinski definition) is 5. The molecule has 0 atom stereocenters. The number of pyridine rings is 1. The number of thiocarbonyl (C=S) groups is 1. The second-order valence-electron chi connectivity index (χ2n) is 12.1. The van der Waals surface area contributed by atoms with Crippen molar-refractivity contribution in [1.29, 1.82) is 0 Å². The predicted octanol–water partition coefficient (Wildman–Crippen LogP) is 4.33. The summed E-state index contributed by atoms with van der Waals surface area (Å²) in [6.45, 7) is 4.98. The van der Waals surface area contributed by atoms with Crippen molar-refractivity contribution in [2.75, 3.05) is 32.8 Å². The smallest absolute Gasteiger partial charge is 0.220 e. The second-order valence-corrected chi connectivity index (χ2v) is 12.5. The molecule has 1 aromatic rings. The van der Waals surface area contributed by atoms with Crippen LogP contribution in [-0.4, -0.2) is 59.2 Å². The van der Waals surface area contributed by atoms with Gasteiger partial charge in [-0.3, -0.25) is 9.69 Å². The third-order valence-electron chi connectivity index (χ3n) is 8.85. The zero-order valence-corrected chi connectivity index (χ0v) is 23.6. The van der Waals surface area contributed by atoms with Gasteiger partial charge >= 0.3 is 0 Å². The number of rotatable bonds is 12. The Hall–Kier alpha value is -2.19. The van der Waals surface area contributed by atoms with Crippen molar-refractivity contribution >= 4 is 23.2 Å². The molecular formula is C30H45N5O2S. The van der Waals surface area contributed by atoms with Crippen LogP contribution in [0, 0.1) is 17.8 Å². The van der Waals surface area contributed by atoms with Gasteiger partial charge in [0.15, 0.2) is 5.11 Å². The van der Waals surface area contributed by atoms with E-state index in [1.54, 1.807) is 0 Å². The lowest BCUT2D eigenvalue weighted by molar-refractivity contribution is -0.120. The minimum Gasteiger partial charge on any atom is -0.473 e. The van der Waals surface area contributed by atoms with Gasteiger partial charge in [-0.05, 0) is 119 Å². The molecule has 1 aromatic heterocycles. The molecule has 4 bridgehead atoms. The van der Waals surface area contributed by atoms with Crippen molar-refractivity contribution in [3.8, 4) is 5.88 Å². The maximum absolute atomic E-state index is 12.2. The van der Waals surface area contributed by atoms with Crippen LogP contribution in [0.3, 0.4) is 0 Å². The van der Waals surface area contributed by atoms with Crippen LogP contribution in [0.15, 0.2) is 30.5 Å². The Morgan fingerprint density at radius 2 is 1.82 bits per heavy atom. The van der Waals surface area contributed by atoms with E-state index < -0.39 is 0 Å². The number of carbonyl (C=O) groups is 1. The molecule has 0 unspecified atom stereocenters. The lowest BCUT2D eigenvalue weighted by atomic mass is 9.53. The standard InChI is InChI=1S/C30H45N5O2S/c36-27(7-6-10-33-29(38)34-30-19-24-15-25(20-30)17-26(16-24)21-30)31-9-2-5-14-37-28-18-23(8-11-32-28)22-35-12-3-1-4-13-35/h2,5,8,11,18,24-26H,1,3-4,6-7,9-10,12-17,19-22H2,(H,31,36)(H2,33,34,38)/b5-2-. The number of nitrogens with zero attached hydrogens (tertiary/aromatic N) is 2. The Morgan fingerprint density at radius 1 is 1.08 bits per heavy atom. The minimum atomic E-state index is 0.0596. The summed E-state index contributed by atoms with van der Waals surface area (Å²) in [5, 5.41) is 10.7. The molecule has 1 amide bonds. The van der Waals surface area contributed by atoms with Crippen LogP contribution in [0.5, 0.6) is 5.88 Å². The van der Waals surface area contributed by atoms with Crippen molar-refractivity contribution in [3.63, 3.8) is 0 Å². The molecule has 5 fully saturated rings. The number of amides is 1. The lowest BCUT2D eigenvalue weighted by Crippen LogP contribution is -2.61. The number of hydrogen-bond donors (Lipinski definition) is 3. The molecule has 6 rings (SSSR count). The summed E-state index contributed by atoms with van der Waals surface area (Å²) in [5.74, 6) is 3.41. The maximum Gasteiger partial charge on any atom is 0.220 e. The highest BCUT2D eigenvalue weighted by Crippen LogP contribution is 2.55. The molecule has 0 radical (unpaired) electrons. The van der Waals surface area contributed by atoms with E-state index in [1.165, 1.54) is 76.4 Å². The van der Waals surface area contributed by atoms with Crippen molar-refractivity contribution in [1.82, 2.24) is 25.8 Å². The van der Waals surface area contributed by atoms with Gasteiger partial charge in [-0.25, -0.2) is 4.98 Å². The van der Waals surface area contributed by atoms with Crippen LogP contribution in [-0.2, 0) is 11.3 Å². The summed E-state index contributed by atoms with van der Waals surface area (Å²) in [6, 6.07) is 4.10. The Bertz CT molecular complexity index is 942. The molecule has 8 heteroatoms. The van der Waals surface area contributed by atoms with Crippen LogP contribution < -0.4 is 20.7 Å². The van der Waals surface area contributed by atoms with E-state index in [4.69, 9.17) is 17.0 Å². The van der Waals surface area contributed by atoms with E-state index in [2.05, 4.69) is 31.9 Å². The quantitative estimate of drug-likeness (QED) is 0.207. The molecule has 4 saturated carbocycles. The summed E-state index contributed by atoms with van der Waals surface area (Å²) < 4.78 is 5.78. The fourth-order valence-corrected chi connectivity index (χ4v) is 7.87. The molecule has 1 saturated heterocycles. The van der Waals surface area contributed by atoms with Crippen LogP contribution >= 0.6 is 12.2 Å². The van der Waals surface area contributed by atoms with Crippen molar-refractivity contribution < 1.29 is 9.53 Å². The zero-order chi connectivity index (χ0) is 26.2. The number of ether oxygens (including phenoxy) is 1. The highest BCUT2D eigenvalue weighted by atomic mass is 32.1. The van der Waals surface area contributed by atoms with Gasteiger partial charge in [0, 0.05) is 43.9 Å². The number of likely N-dealkylation sites (tertiary alicyclic amines) is 1. The highest BCUT2D eigenvalue weighted by molar-refractivity contribution is 7.80. The minimum absolute atomic E-state index is 0.0596. The average molecular weight is 540 g/mol. The lowest BCUT2D eigenvalue weighted by Gasteiger charge is -2.57. The molecule has 4 aliphatic carbocycles. The molecule has 3 N–H and O–H groups in total. The van der Waals surface area contributed by atoms with Crippen LogP contribution in [0.1, 0.15) is 76.2 Å². The van der Waals surface area contributed by atoms with Crippen molar-refractivity contribution in [2.24, 2.45) is 17.8 Å². The van der Waals surface area contributed by atoms with E-state index in [9.17, 15) is 4.79 Å². The summed E-state index contributed by atoms with van der Waals surface area (Å²) >= 11 is 5.61. The number of carbonyl (C=O) groups excluding carboxylic acids is 1. The van der Waals surface area contributed by atoms with Gasteiger partial charge in [-0.2, -0.15) is 0 Å². The first-order valence-electron chi connectivity index (χ1n) is 14.8. The largest absolute Gasteiger partial charge is 0.473 e. The van der Waals surface area contributed by atoms with Gasteiger partial charge in [0.1, 0.15) is 6.61 Å². The molecule has 38 heavy (non-hydrogen) atoms. The molecule has 0 aromatic carbocycles. The van der Waals surface area contributed by atoms with Crippen molar-refractivity contribution in [2.45, 2.75) is 82.7 Å². The number of piperidine rings is 1. The molecular weight excluding hydrogens is 494 g/mol. The molecule has 2 heterocycles. The molecule has 1 aliphatic heterocycles. The van der Waals surface area contributed by atoms with Gasteiger partial charge in [-0.15, -0.1) is 0 Å². The second kappa shape index (κ2) is 13.2. The average Bonchev–Trinajstić information content (AvgIpc) is 2.88. The van der Waals surface area contributed by atoms with E-state index in [1.807, 2.05) is 24.4 Å². The summed E-state index contributed by atoms with van der Waals surface area (Å²) in [5.41, 5.74) is 1.48. The third kappa shape index (κ3) is 7.92. The van der Waals surface area contributed by atoms with Gasteiger partial charge in [-0.1, -0.05) is 12.5 Å². The first kappa shape index (κ1) is 27.4. The zero-order valence-electron chi connectivity index (χ0n) is 22.8. The van der Waals surface area contributed by atoms with Gasteiger partial charge in [0.25, 0.3) is 0 Å². The van der Waals surface area contributed by atoms with E-state index in [0.717, 1.165) is 42.4 Å². The van der Waals surface area contributed by atoms with Gasteiger partial charge in [0.05, 0.1) is 0 Å². The van der Waals surface area contributed by atoms with Crippen LogP contribution in [0.2, 0.25) is 0 Å². The van der Waals surface area contributed by atoms with E-state index in [0.29, 0.717) is 25.5 Å². The Balaban J connectivity index is 0.902. The number of aromatic nitrogens is 1. The fraction of sp³-hybridized carbons (Fsp3) is 0.700. The normalized spacial score (nSPS) is 28.4. The molecule has 208 valence electrons. The topological polar surface area (TPSA) is 78.5 Å². The van der Waals surface area contributed by atoms with Crippen molar-refractivity contribution in [3.05, 3.63) is 36.0 Å². The SMILES string of the molecule is O=C(CCCNC(=S)NC12CC3CC(CC(C3)C1)C2)NC/C=C\COc1cc(CN2CCCCC2)ccn1. The van der Waals surface area contributed by atoms with Gasteiger partial charge in [0.2, 0.25) is 11.8 Å². The van der Waals surface area contributed by atoms with Gasteiger partial charge < -0.3 is 20.7 Å². The number of nitrogens with one attached hydrogen (secondary N) is 3.